The number of nitrogens with one attached hydrogen (secondary N) is 1. The SMILES string of the molecule is CC(N)C(O)c1c[nH]c(Br)c1. The fourth-order valence-corrected chi connectivity index (χ4v) is 1.24. The Labute approximate surface area is 73.7 Å². The van der Waals surface area contributed by atoms with E-state index in [1.807, 2.05) is 6.07 Å². The first-order valence-corrected chi connectivity index (χ1v) is 4.18. The minimum absolute atomic E-state index is 0.238. The molecule has 1 heterocycles. The van der Waals surface area contributed by atoms with Crippen LogP contribution in [0.5, 0.6) is 0 Å². The van der Waals surface area contributed by atoms with Gasteiger partial charge < -0.3 is 15.8 Å². The highest BCUT2D eigenvalue weighted by Gasteiger charge is 2.12. The Hall–Kier alpha value is -0.320. The molecule has 4 heteroatoms. The second-order valence-electron chi connectivity index (χ2n) is 2.58. The van der Waals surface area contributed by atoms with Gasteiger partial charge in [-0.25, -0.2) is 0 Å². The molecule has 4 N–H and O–H groups in total. The predicted octanol–water partition coefficient (Wildman–Crippen LogP) is 1.16. The highest BCUT2D eigenvalue weighted by Crippen LogP contribution is 2.18. The van der Waals surface area contributed by atoms with Gasteiger partial charge in [-0.05, 0) is 28.9 Å². The largest absolute Gasteiger partial charge is 0.387 e. The van der Waals surface area contributed by atoms with Gasteiger partial charge in [-0.1, -0.05) is 0 Å². The van der Waals surface area contributed by atoms with Crippen LogP contribution in [0.1, 0.15) is 18.6 Å². The van der Waals surface area contributed by atoms with Gasteiger partial charge in [0.25, 0.3) is 0 Å². The fourth-order valence-electron chi connectivity index (χ4n) is 0.856. The zero-order valence-corrected chi connectivity index (χ0v) is 7.80. The van der Waals surface area contributed by atoms with Gasteiger partial charge in [-0.15, -0.1) is 0 Å². The van der Waals surface area contributed by atoms with Crippen molar-refractivity contribution in [2.75, 3.05) is 0 Å². The first-order chi connectivity index (χ1) is 5.11. The zero-order valence-electron chi connectivity index (χ0n) is 6.21. The van der Waals surface area contributed by atoms with Gasteiger partial charge >= 0.3 is 0 Å². The first-order valence-electron chi connectivity index (χ1n) is 3.38. The molecule has 0 radical (unpaired) electrons. The minimum atomic E-state index is -0.586. The van der Waals surface area contributed by atoms with Crippen molar-refractivity contribution in [1.29, 1.82) is 0 Å². The summed E-state index contributed by atoms with van der Waals surface area (Å²) >= 11 is 3.24. The molecular formula is C7H11BrN2O. The summed E-state index contributed by atoms with van der Waals surface area (Å²) in [5.74, 6) is 0. The molecule has 0 aromatic carbocycles. The number of halogens is 1. The molecule has 1 aromatic heterocycles. The summed E-state index contributed by atoms with van der Waals surface area (Å²) in [6.45, 7) is 1.77. The number of rotatable bonds is 2. The van der Waals surface area contributed by atoms with Crippen molar-refractivity contribution in [2.45, 2.75) is 19.1 Å². The van der Waals surface area contributed by atoms with E-state index >= 15 is 0 Å². The highest BCUT2D eigenvalue weighted by molar-refractivity contribution is 9.10. The van der Waals surface area contributed by atoms with Crippen molar-refractivity contribution in [3.63, 3.8) is 0 Å². The van der Waals surface area contributed by atoms with E-state index in [0.717, 1.165) is 10.2 Å². The third-order valence-electron chi connectivity index (χ3n) is 1.51. The number of nitrogens with two attached hydrogens (primary N) is 1. The van der Waals surface area contributed by atoms with Crippen LogP contribution in [-0.2, 0) is 0 Å². The van der Waals surface area contributed by atoms with E-state index in [1.165, 1.54) is 0 Å². The number of aliphatic hydroxyl groups is 1. The Kier molecular flexibility index (Phi) is 2.70. The summed E-state index contributed by atoms with van der Waals surface area (Å²) in [7, 11) is 0. The molecule has 0 bridgehead atoms. The summed E-state index contributed by atoms with van der Waals surface area (Å²) in [5.41, 5.74) is 6.31. The zero-order chi connectivity index (χ0) is 8.43. The van der Waals surface area contributed by atoms with Crippen molar-refractivity contribution in [3.8, 4) is 0 Å². The van der Waals surface area contributed by atoms with Crippen molar-refractivity contribution in [3.05, 3.63) is 22.4 Å². The van der Waals surface area contributed by atoms with E-state index in [2.05, 4.69) is 20.9 Å². The number of hydrogen-bond donors (Lipinski definition) is 3. The summed E-state index contributed by atoms with van der Waals surface area (Å²) in [6, 6.07) is 1.58. The van der Waals surface area contributed by atoms with Crippen molar-refractivity contribution in [2.24, 2.45) is 5.73 Å². The first kappa shape index (κ1) is 8.77. The van der Waals surface area contributed by atoms with Crippen LogP contribution in [0, 0.1) is 0 Å². The fraction of sp³-hybridized carbons (Fsp3) is 0.429. The lowest BCUT2D eigenvalue weighted by Gasteiger charge is -2.11. The Balaban J connectivity index is 2.76. The van der Waals surface area contributed by atoms with E-state index < -0.39 is 6.10 Å². The molecule has 3 nitrogen and oxygen atoms in total. The monoisotopic (exact) mass is 218 g/mol. The van der Waals surface area contributed by atoms with Gasteiger partial charge in [-0.2, -0.15) is 0 Å². The molecule has 1 aromatic rings. The van der Waals surface area contributed by atoms with Gasteiger partial charge in [0.2, 0.25) is 0 Å². The maximum atomic E-state index is 9.45. The Morgan fingerprint density at radius 1 is 1.73 bits per heavy atom. The van der Waals surface area contributed by atoms with Crippen LogP contribution < -0.4 is 5.73 Å². The smallest absolute Gasteiger partial charge is 0.0953 e. The van der Waals surface area contributed by atoms with Crippen LogP contribution >= 0.6 is 15.9 Å². The molecule has 0 saturated carbocycles. The Morgan fingerprint density at radius 2 is 2.36 bits per heavy atom. The van der Waals surface area contributed by atoms with Crippen LogP contribution in [0.3, 0.4) is 0 Å². The van der Waals surface area contributed by atoms with Gasteiger partial charge in [0.15, 0.2) is 0 Å². The summed E-state index contributed by atoms with van der Waals surface area (Å²) in [6.07, 6.45) is 1.15. The maximum Gasteiger partial charge on any atom is 0.0953 e. The third kappa shape index (κ3) is 2.05. The lowest BCUT2D eigenvalue weighted by molar-refractivity contribution is 0.153. The summed E-state index contributed by atoms with van der Waals surface area (Å²) in [5, 5.41) is 9.45. The number of aliphatic hydroxyl groups excluding tert-OH is 1. The highest BCUT2D eigenvalue weighted by atomic mass is 79.9. The molecule has 0 aliphatic carbocycles. The van der Waals surface area contributed by atoms with E-state index in [4.69, 9.17) is 5.73 Å². The lowest BCUT2D eigenvalue weighted by atomic mass is 10.1. The van der Waals surface area contributed by atoms with Crippen molar-refractivity contribution < 1.29 is 5.11 Å². The number of aromatic nitrogens is 1. The molecule has 0 spiro atoms. The molecule has 11 heavy (non-hydrogen) atoms. The average Bonchev–Trinajstić information content (AvgIpc) is 2.34. The normalized spacial score (nSPS) is 16.4. The third-order valence-corrected chi connectivity index (χ3v) is 1.97. The molecule has 1 rings (SSSR count). The van der Waals surface area contributed by atoms with Gasteiger partial charge in [0.05, 0.1) is 10.7 Å². The van der Waals surface area contributed by atoms with Crippen LogP contribution in [0.2, 0.25) is 0 Å². The molecule has 0 saturated heterocycles. The van der Waals surface area contributed by atoms with E-state index in [9.17, 15) is 5.11 Å². The van der Waals surface area contributed by atoms with Crippen LogP contribution in [0.25, 0.3) is 0 Å². The average molecular weight is 219 g/mol. The van der Waals surface area contributed by atoms with Crippen LogP contribution in [0.15, 0.2) is 16.9 Å². The van der Waals surface area contributed by atoms with Gasteiger partial charge in [0, 0.05) is 17.8 Å². The molecule has 0 amide bonds. The van der Waals surface area contributed by atoms with E-state index in [1.54, 1.807) is 13.1 Å². The summed E-state index contributed by atoms with van der Waals surface area (Å²) < 4.78 is 0.854. The molecule has 0 aliphatic rings. The lowest BCUT2D eigenvalue weighted by Crippen LogP contribution is -2.23. The van der Waals surface area contributed by atoms with Crippen molar-refractivity contribution >= 4 is 15.9 Å². The Morgan fingerprint density at radius 3 is 2.73 bits per heavy atom. The number of H-pyrrole nitrogens is 1. The Bertz CT molecular complexity index is 234. The van der Waals surface area contributed by atoms with E-state index in [0.29, 0.717) is 0 Å². The van der Waals surface area contributed by atoms with E-state index in [-0.39, 0.29) is 6.04 Å². The molecule has 0 aliphatic heterocycles. The molecule has 0 fully saturated rings. The second kappa shape index (κ2) is 3.38. The molecule has 2 atom stereocenters. The number of aromatic amines is 1. The number of hydrogen-bond acceptors (Lipinski definition) is 2. The van der Waals surface area contributed by atoms with Crippen LogP contribution in [0.4, 0.5) is 0 Å². The van der Waals surface area contributed by atoms with Gasteiger partial charge in [-0.3, -0.25) is 0 Å². The predicted molar refractivity (Wildman–Crippen MR) is 47.1 cm³/mol. The molecule has 62 valence electrons. The quantitative estimate of drug-likeness (QED) is 0.698. The van der Waals surface area contributed by atoms with Crippen molar-refractivity contribution in [1.82, 2.24) is 4.98 Å². The molecular weight excluding hydrogens is 208 g/mol. The topological polar surface area (TPSA) is 62.0 Å². The van der Waals surface area contributed by atoms with Crippen LogP contribution in [-0.4, -0.2) is 16.1 Å². The minimum Gasteiger partial charge on any atom is -0.387 e. The van der Waals surface area contributed by atoms with Gasteiger partial charge in [0.1, 0.15) is 0 Å². The molecule has 2 unspecified atom stereocenters. The maximum absolute atomic E-state index is 9.45. The second-order valence-corrected chi connectivity index (χ2v) is 3.44. The summed E-state index contributed by atoms with van der Waals surface area (Å²) in [4.78, 5) is 2.91. The standard InChI is InChI=1S/C7H11BrN2O/c1-4(9)7(11)5-2-6(8)10-3-5/h2-4,7,10-11H,9H2,1H3.